The Labute approximate surface area is 153 Å². The highest BCUT2D eigenvalue weighted by Crippen LogP contribution is 2.47. The Balaban J connectivity index is 1.41. The van der Waals surface area contributed by atoms with Gasteiger partial charge in [-0.15, -0.1) is 0 Å². The lowest BCUT2D eigenvalue weighted by molar-refractivity contribution is -0.142. The molecule has 2 N–H and O–H groups in total. The number of carbonyl (C=O) groups excluding carboxylic acids is 2. The van der Waals surface area contributed by atoms with Crippen molar-refractivity contribution in [3.05, 3.63) is 17.5 Å². The van der Waals surface area contributed by atoms with E-state index in [-0.39, 0.29) is 23.3 Å². The van der Waals surface area contributed by atoms with E-state index in [1.165, 1.54) is 12.8 Å². The van der Waals surface area contributed by atoms with E-state index in [0.717, 1.165) is 31.4 Å². The van der Waals surface area contributed by atoms with Crippen LogP contribution in [0.25, 0.3) is 0 Å². The molecule has 3 aliphatic rings. The summed E-state index contributed by atoms with van der Waals surface area (Å²) in [7, 11) is 1.66. The summed E-state index contributed by atoms with van der Waals surface area (Å²) in [4.78, 5) is 26.9. The van der Waals surface area contributed by atoms with Gasteiger partial charge < -0.3 is 15.0 Å². The fourth-order valence-electron chi connectivity index (χ4n) is 4.74. The molecule has 1 aromatic rings. The number of carbonyl (C=O) groups is 2. The van der Waals surface area contributed by atoms with Crippen LogP contribution in [0.4, 0.5) is 0 Å². The molecular weight excluding hydrogens is 332 g/mol. The van der Waals surface area contributed by atoms with Crippen LogP contribution in [0.15, 0.2) is 6.07 Å². The maximum atomic E-state index is 12.6. The third kappa shape index (κ3) is 3.24. The number of nitrogens with zero attached hydrogens (tertiary/aromatic N) is 2. The molecule has 2 aliphatic carbocycles. The van der Waals surface area contributed by atoms with Gasteiger partial charge in [0.25, 0.3) is 5.91 Å². The van der Waals surface area contributed by atoms with E-state index in [1.807, 2.05) is 11.0 Å². The summed E-state index contributed by atoms with van der Waals surface area (Å²) < 4.78 is 5.18. The average molecular weight is 360 g/mol. The maximum absolute atomic E-state index is 12.6. The van der Waals surface area contributed by atoms with Gasteiger partial charge in [-0.2, -0.15) is 5.10 Å². The zero-order valence-electron chi connectivity index (χ0n) is 15.4. The number of hydrogen-bond donors (Lipinski definition) is 2. The van der Waals surface area contributed by atoms with E-state index < -0.39 is 0 Å². The normalized spacial score (nSPS) is 28.3. The molecular formula is C19H28N4O3. The fourth-order valence-corrected chi connectivity index (χ4v) is 4.74. The number of hydrogen-bond acceptors (Lipinski definition) is 4. The van der Waals surface area contributed by atoms with Gasteiger partial charge in [0.1, 0.15) is 5.69 Å². The van der Waals surface area contributed by atoms with Gasteiger partial charge in [0.05, 0.1) is 6.61 Å². The van der Waals surface area contributed by atoms with Crippen molar-refractivity contribution in [2.45, 2.75) is 56.9 Å². The zero-order valence-corrected chi connectivity index (χ0v) is 15.4. The van der Waals surface area contributed by atoms with Crippen molar-refractivity contribution in [1.82, 2.24) is 20.4 Å². The molecule has 2 atom stereocenters. The van der Waals surface area contributed by atoms with Crippen LogP contribution in [0.5, 0.6) is 0 Å². The van der Waals surface area contributed by atoms with Crippen LogP contribution >= 0.6 is 0 Å². The number of H-pyrrole nitrogens is 1. The Morgan fingerprint density at radius 2 is 2.27 bits per heavy atom. The molecule has 0 unspecified atom stereocenters. The Morgan fingerprint density at radius 3 is 3.04 bits per heavy atom. The highest BCUT2D eigenvalue weighted by Gasteiger charge is 2.50. The standard InChI is InChI=1S/C19H28N4O3/c1-26-10-9-23-16-3-2-7-19(16,8-6-17(23)24)12-20-18(25)15-11-14(21-22-15)13-4-5-13/h11,13,16H,2-10,12H2,1H3,(H,20,25)(H,21,22)/t16-,19+/m1/s1. The minimum absolute atomic E-state index is 0.00700. The van der Waals surface area contributed by atoms with Crippen LogP contribution in [-0.2, 0) is 9.53 Å². The van der Waals surface area contributed by atoms with Crippen LogP contribution in [0.3, 0.4) is 0 Å². The van der Waals surface area contributed by atoms with Gasteiger partial charge in [0.2, 0.25) is 5.91 Å². The molecule has 2 saturated carbocycles. The Kier molecular flexibility index (Phi) is 4.73. The van der Waals surface area contributed by atoms with Gasteiger partial charge in [-0.1, -0.05) is 6.42 Å². The van der Waals surface area contributed by atoms with Crippen LogP contribution < -0.4 is 5.32 Å². The molecule has 1 saturated heterocycles. The first-order valence-electron chi connectivity index (χ1n) is 9.75. The number of likely N-dealkylation sites (tertiary alicyclic amines) is 1. The molecule has 4 rings (SSSR count). The largest absolute Gasteiger partial charge is 0.383 e. The average Bonchev–Trinajstić information content (AvgIpc) is 3.22. The predicted octanol–water partition coefficient (Wildman–Crippen LogP) is 1.82. The van der Waals surface area contributed by atoms with Crippen molar-refractivity contribution >= 4 is 11.8 Å². The third-order valence-corrected chi connectivity index (χ3v) is 6.38. The Hall–Kier alpha value is -1.89. The molecule has 0 radical (unpaired) electrons. The predicted molar refractivity (Wildman–Crippen MR) is 95.8 cm³/mol. The second kappa shape index (κ2) is 7.02. The first kappa shape index (κ1) is 17.5. The van der Waals surface area contributed by atoms with E-state index in [9.17, 15) is 9.59 Å². The monoisotopic (exact) mass is 360 g/mol. The number of rotatable bonds is 7. The van der Waals surface area contributed by atoms with Crippen LogP contribution in [0, 0.1) is 5.41 Å². The lowest BCUT2D eigenvalue weighted by atomic mass is 9.74. The van der Waals surface area contributed by atoms with E-state index in [0.29, 0.717) is 37.7 Å². The van der Waals surface area contributed by atoms with Crippen LogP contribution in [0.2, 0.25) is 0 Å². The molecule has 1 aliphatic heterocycles. The molecule has 26 heavy (non-hydrogen) atoms. The van der Waals surface area contributed by atoms with Crippen molar-refractivity contribution < 1.29 is 14.3 Å². The molecule has 142 valence electrons. The third-order valence-electron chi connectivity index (χ3n) is 6.38. The highest BCUT2D eigenvalue weighted by molar-refractivity contribution is 5.92. The topological polar surface area (TPSA) is 87.3 Å². The van der Waals surface area contributed by atoms with E-state index in [1.54, 1.807) is 7.11 Å². The van der Waals surface area contributed by atoms with E-state index in [4.69, 9.17) is 4.74 Å². The van der Waals surface area contributed by atoms with Gasteiger partial charge >= 0.3 is 0 Å². The van der Waals surface area contributed by atoms with Crippen molar-refractivity contribution in [2.75, 3.05) is 26.8 Å². The molecule has 0 bridgehead atoms. The van der Waals surface area contributed by atoms with E-state index >= 15 is 0 Å². The molecule has 2 amide bonds. The van der Waals surface area contributed by atoms with Gasteiger partial charge in [0, 0.05) is 49.7 Å². The lowest BCUT2D eigenvalue weighted by Crippen LogP contribution is -2.56. The second-order valence-corrected chi connectivity index (χ2v) is 8.02. The summed E-state index contributed by atoms with van der Waals surface area (Å²) in [5, 5.41) is 10.3. The number of aromatic nitrogens is 2. The van der Waals surface area contributed by atoms with Gasteiger partial charge in [-0.05, 0) is 38.2 Å². The first-order chi connectivity index (χ1) is 12.6. The first-order valence-corrected chi connectivity index (χ1v) is 9.75. The number of fused-ring (bicyclic) bond motifs is 1. The minimum atomic E-state index is -0.117. The molecule has 1 aromatic heterocycles. The lowest BCUT2D eigenvalue weighted by Gasteiger charge is -2.46. The van der Waals surface area contributed by atoms with Gasteiger partial charge in [0.15, 0.2) is 0 Å². The minimum Gasteiger partial charge on any atom is -0.383 e. The number of amides is 2. The molecule has 0 spiro atoms. The van der Waals surface area contributed by atoms with Gasteiger partial charge in [-0.3, -0.25) is 14.7 Å². The number of ether oxygens (including phenoxy) is 1. The molecule has 7 nitrogen and oxygen atoms in total. The SMILES string of the molecule is COCCN1C(=O)CC[C@]2(CNC(=O)c3cc(C4CC4)[nH]n3)CCC[C@@H]12. The fraction of sp³-hybridized carbons (Fsp3) is 0.737. The quantitative estimate of drug-likeness (QED) is 0.776. The smallest absolute Gasteiger partial charge is 0.271 e. The summed E-state index contributed by atoms with van der Waals surface area (Å²) in [6, 6.07) is 2.09. The Morgan fingerprint density at radius 1 is 1.42 bits per heavy atom. The van der Waals surface area contributed by atoms with Crippen molar-refractivity contribution in [3.8, 4) is 0 Å². The van der Waals surface area contributed by atoms with Crippen LogP contribution in [-0.4, -0.2) is 59.8 Å². The molecule has 3 fully saturated rings. The van der Waals surface area contributed by atoms with Crippen LogP contribution in [0.1, 0.15) is 67.0 Å². The van der Waals surface area contributed by atoms with Gasteiger partial charge in [-0.25, -0.2) is 0 Å². The van der Waals surface area contributed by atoms with Crippen molar-refractivity contribution in [2.24, 2.45) is 5.41 Å². The summed E-state index contributed by atoms with van der Waals surface area (Å²) >= 11 is 0. The number of aromatic amines is 1. The van der Waals surface area contributed by atoms with Crippen molar-refractivity contribution in [3.63, 3.8) is 0 Å². The summed E-state index contributed by atoms with van der Waals surface area (Å²) in [6.07, 6.45) is 6.95. The Bertz CT molecular complexity index is 684. The van der Waals surface area contributed by atoms with Crippen molar-refractivity contribution in [1.29, 1.82) is 0 Å². The maximum Gasteiger partial charge on any atom is 0.271 e. The molecule has 0 aromatic carbocycles. The molecule has 7 heteroatoms. The number of nitrogens with one attached hydrogen (secondary N) is 2. The summed E-state index contributed by atoms with van der Waals surface area (Å²) in [5.41, 5.74) is 1.54. The summed E-state index contributed by atoms with van der Waals surface area (Å²) in [5.74, 6) is 0.659. The molecule has 2 heterocycles. The zero-order chi connectivity index (χ0) is 18.1. The second-order valence-electron chi connectivity index (χ2n) is 8.02. The van der Waals surface area contributed by atoms with E-state index in [2.05, 4.69) is 15.5 Å². The number of piperidine rings is 1. The highest BCUT2D eigenvalue weighted by atomic mass is 16.5. The number of methoxy groups -OCH3 is 1. The summed E-state index contributed by atoms with van der Waals surface area (Å²) in [6.45, 7) is 1.81.